The molecule has 0 saturated heterocycles. The van der Waals surface area contributed by atoms with Gasteiger partial charge in [0.25, 0.3) is 0 Å². The van der Waals surface area contributed by atoms with E-state index in [0.717, 1.165) is 49.2 Å². The Bertz CT molecular complexity index is 927. The third kappa shape index (κ3) is 3.67. The van der Waals surface area contributed by atoms with Crippen molar-refractivity contribution in [2.45, 2.75) is 26.2 Å². The van der Waals surface area contributed by atoms with E-state index in [2.05, 4.69) is 38.6 Å². The summed E-state index contributed by atoms with van der Waals surface area (Å²) in [6.45, 7) is 4.29. The summed E-state index contributed by atoms with van der Waals surface area (Å²) in [6.07, 6.45) is 4.74. The van der Waals surface area contributed by atoms with Gasteiger partial charge in [0.05, 0.1) is 17.9 Å². The van der Waals surface area contributed by atoms with Gasteiger partial charge in [0, 0.05) is 37.3 Å². The van der Waals surface area contributed by atoms with Gasteiger partial charge in [-0.2, -0.15) is 4.98 Å². The summed E-state index contributed by atoms with van der Waals surface area (Å²) < 4.78 is 21.5. The van der Waals surface area contributed by atoms with E-state index in [0.29, 0.717) is 35.4 Å². The molecule has 2 aliphatic heterocycles. The van der Waals surface area contributed by atoms with Crippen molar-refractivity contribution in [1.29, 1.82) is 0 Å². The highest BCUT2D eigenvalue weighted by Gasteiger charge is 2.26. The van der Waals surface area contributed by atoms with Crippen molar-refractivity contribution >= 4 is 23.0 Å². The van der Waals surface area contributed by atoms with Crippen molar-refractivity contribution in [3.05, 3.63) is 40.8 Å². The second-order valence-corrected chi connectivity index (χ2v) is 7.39. The van der Waals surface area contributed by atoms with Crippen LogP contribution in [0.5, 0.6) is 5.75 Å². The average Bonchev–Trinajstić information content (AvgIpc) is 3.02. The van der Waals surface area contributed by atoms with E-state index >= 15 is 4.39 Å². The number of benzene rings is 1. The predicted octanol–water partition coefficient (Wildman–Crippen LogP) is 3.75. The second kappa shape index (κ2) is 7.75. The molecule has 0 saturated carbocycles. The lowest BCUT2D eigenvalue weighted by Crippen LogP contribution is -2.17. The van der Waals surface area contributed by atoms with Crippen LogP contribution in [-0.4, -0.2) is 48.7 Å². The number of allylic oxidation sites excluding steroid dienone is 1. The number of nitrogens with one attached hydrogen (secondary N) is 2. The maximum Gasteiger partial charge on any atom is 0.229 e. The number of aromatic nitrogens is 2. The first-order valence-electron chi connectivity index (χ1n) is 9.71. The highest BCUT2D eigenvalue weighted by molar-refractivity contribution is 5.78. The van der Waals surface area contributed by atoms with Crippen molar-refractivity contribution in [3.63, 3.8) is 0 Å². The Morgan fingerprint density at radius 3 is 2.89 bits per heavy atom. The Balaban J connectivity index is 1.76. The number of halogens is 1. The van der Waals surface area contributed by atoms with Crippen LogP contribution in [0.15, 0.2) is 18.2 Å². The second-order valence-electron chi connectivity index (χ2n) is 7.39. The molecule has 2 aromatic rings. The van der Waals surface area contributed by atoms with Gasteiger partial charge in [-0.3, -0.25) is 0 Å². The maximum absolute atomic E-state index is 15.6. The molecule has 3 heterocycles. The number of hydrogen-bond acceptors (Lipinski definition) is 6. The molecule has 148 valence electrons. The molecular weight excluding hydrogens is 357 g/mol. The van der Waals surface area contributed by atoms with Crippen molar-refractivity contribution in [3.8, 4) is 5.75 Å². The molecule has 0 spiro atoms. The quantitative estimate of drug-likeness (QED) is 0.838. The molecule has 2 N–H and O–H groups in total. The number of aryl methyl sites for hydroxylation is 1. The SMILES string of the molecule is CNc1cc(C)nc(Nc2cc3c(c(C4=CCN(C)CCC4)c2F)OCC3)n1. The molecule has 0 atom stereocenters. The van der Waals surface area contributed by atoms with Crippen molar-refractivity contribution in [2.75, 3.05) is 44.4 Å². The van der Waals surface area contributed by atoms with E-state index in [-0.39, 0.29) is 5.82 Å². The molecule has 1 aromatic carbocycles. The largest absolute Gasteiger partial charge is 0.492 e. The number of nitrogens with zero attached hydrogens (tertiary/aromatic N) is 3. The van der Waals surface area contributed by atoms with Crippen molar-refractivity contribution in [1.82, 2.24) is 14.9 Å². The lowest BCUT2D eigenvalue weighted by atomic mass is 9.96. The molecule has 2 aliphatic rings. The summed E-state index contributed by atoms with van der Waals surface area (Å²) in [5.41, 5.74) is 3.84. The Hall–Kier alpha value is -2.67. The van der Waals surface area contributed by atoms with Crippen LogP contribution in [0.4, 0.5) is 21.8 Å². The standard InChI is InChI=1S/C21H26FN5O/c1-13-11-17(23-2)26-21(24-13)25-16-12-15-7-10-28-20(15)18(19(16)22)14-5-4-8-27(3)9-6-14/h6,11-12H,4-5,7-10H2,1-3H3,(H2,23,24,25,26). The van der Waals surface area contributed by atoms with Gasteiger partial charge in [0.1, 0.15) is 11.6 Å². The van der Waals surface area contributed by atoms with E-state index in [1.54, 1.807) is 7.05 Å². The first-order chi connectivity index (χ1) is 13.5. The van der Waals surface area contributed by atoms with E-state index < -0.39 is 0 Å². The summed E-state index contributed by atoms with van der Waals surface area (Å²) in [5, 5.41) is 6.10. The van der Waals surface area contributed by atoms with Gasteiger partial charge in [-0.05, 0) is 45.0 Å². The number of fused-ring (bicyclic) bond motifs is 1. The molecule has 0 fully saturated rings. The third-order valence-corrected chi connectivity index (χ3v) is 5.22. The zero-order chi connectivity index (χ0) is 19.7. The van der Waals surface area contributed by atoms with Gasteiger partial charge in [-0.15, -0.1) is 0 Å². The summed E-state index contributed by atoms with van der Waals surface area (Å²) in [6, 6.07) is 3.67. The Morgan fingerprint density at radius 1 is 1.21 bits per heavy atom. The van der Waals surface area contributed by atoms with Gasteiger partial charge in [0.15, 0.2) is 5.82 Å². The van der Waals surface area contributed by atoms with Gasteiger partial charge >= 0.3 is 0 Å². The topological polar surface area (TPSA) is 62.3 Å². The monoisotopic (exact) mass is 383 g/mol. The number of hydrogen-bond donors (Lipinski definition) is 2. The van der Waals surface area contributed by atoms with Crippen molar-refractivity contribution < 1.29 is 9.13 Å². The first kappa shape index (κ1) is 18.7. The lowest BCUT2D eigenvalue weighted by molar-refractivity contribution is 0.354. The number of rotatable bonds is 4. The minimum absolute atomic E-state index is 0.299. The normalized spacial score (nSPS) is 16.8. The smallest absolute Gasteiger partial charge is 0.229 e. The fourth-order valence-corrected chi connectivity index (χ4v) is 3.79. The summed E-state index contributed by atoms with van der Waals surface area (Å²) in [5.74, 6) is 1.46. The molecule has 7 heteroatoms. The van der Waals surface area contributed by atoms with E-state index in [1.807, 2.05) is 19.1 Å². The molecule has 28 heavy (non-hydrogen) atoms. The maximum atomic E-state index is 15.6. The number of anilines is 3. The van der Waals surface area contributed by atoms with Crippen LogP contribution >= 0.6 is 0 Å². The van der Waals surface area contributed by atoms with Gasteiger partial charge in [-0.25, -0.2) is 9.37 Å². The van der Waals surface area contributed by atoms with Crippen LogP contribution in [0.2, 0.25) is 0 Å². The van der Waals surface area contributed by atoms with E-state index in [1.165, 1.54) is 0 Å². The molecule has 0 amide bonds. The molecule has 6 nitrogen and oxygen atoms in total. The number of ether oxygens (including phenoxy) is 1. The van der Waals surface area contributed by atoms with Crippen LogP contribution in [0.3, 0.4) is 0 Å². The highest BCUT2D eigenvalue weighted by Crippen LogP contribution is 2.42. The lowest BCUT2D eigenvalue weighted by Gasteiger charge is -2.16. The zero-order valence-corrected chi connectivity index (χ0v) is 16.6. The summed E-state index contributed by atoms with van der Waals surface area (Å²) in [7, 11) is 3.88. The zero-order valence-electron chi connectivity index (χ0n) is 16.6. The highest BCUT2D eigenvalue weighted by atomic mass is 19.1. The molecule has 0 unspecified atom stereocenters. The van der Waals surface area contributed by atoms with Gasteiger partial charge in [0.2, 0.25) is 5.95 Å². The summed E-state index contributed by atoms with van der Waals surface area (Å²) in [4.78, 5) is 11.0. The van der Waals surface area contributed by atoms with E-state index in [4.69, 9.17) is 4.74 Å². The molecular formula is C21H26FN5O. The van der Waals surface area contributed by atoms with Crippen LogP contribution in [-0.2, 0) is 6.42 Å². The Morgan fingerprint density at radius 2 is 2.07 bits per heavy atom. The van der Waals surface area contributed by atoms with Gasteiger partial charge in [-0.1, -0.05) is 6.08 Å². The van der Waals surface area contributed by atoms with Crippen molar-refractivity contribution in [2.24, 2.45) is 0 Å². The summed E-state index contributed by atoms with van der Waals surface area (Å²) >= 11 is 0. The van der Waals surface area contributed by atoms with Crippen LogP contribution in [0.1, 0.15) is 29.7 Å². The Labute approximate surface area is 164 Å². The fraction of sp³-hybridized carbons (Fsp3) is 0.429. The molecule has 1 aromatic heterocycles. The Kier molecular flexibility index (Phi) is 5.17. The fourth-order valence-electron chi connectivity index (χ4n) is 3.79. The van der Waals surface area contributed by atoms with E-state index in [9.17, 15) is 0 Å². The van der Waals surface area contributed by atoms with Crippen LogP contribution < -0.4 is 15.4 Å². The first-order valence-corrected chi connectivity index (χ1v) is 9.71. The molecule has 0 bridgehead atoms. The minimum Gasteiger partial charge on any atom is -0.492 e. The average molecular weight is 383 g/mol. The molecule has 0 aliphatic carbocycles. The number of likely N-dealkylation sites (N-methyl/N-ethyl adjacent to an activating group) is 1. The molecule has 0 radical (unpaired) electrons. The molecule has 4 rings (SSSR count). The van der Waals surface area contributed by atoms with Crippen LogP contribution in [0.25, 0.3) is 5.57 Å². The van der Waals surface area contributed by atoms with Crippen LogP contribution in [0, 0.1) is 12.7 Å². The van der Waals surface area contributed by atoms with Gasteiger partial charge < -0.3 is 20.3 Å². The predicted molar refractivity (Wildman–Crippen MR) is 110 cm³/mol. The third-order valence-electron chi connectivity index (χ3n) is 5.22. The minimum atomic E-state index is -0.299.